The highest BCUT2D eigenvalue weighted by molar-refractivity contribution is 8.17. The fraction of sp³-hybridized carbons (Fsp3) is 0.368. The van der Waals surface area contributed by atoms with Gasteiger partial charge in [-0.3, -0.25) is 0 Å². The van der Waals surface area contributed by atoms with Crippen LogP contribution in [0.15, 0.2) is 60.7 Å². The second-order valence-electron chi connectivity index (χ2n) is 5.89. The van der Waals surface area contributed by atoms with Gasteiger partial charge in [0.2, 0.25) is 0 Å². The summed E-state index contributed by atoms with van der Waals surface area (Å²) in [5.74, 6) is 1.00. The number of aliphatic hydroxyl groups is 4. The van der Waals surface area contributed by atoms with Crippen LogP contribution in [0.1, 0.15) is 11.1 Å². The fourth-order valence-electron chi connectivity index (χ4n) is 2.31. The molecule has 0 fully saturated rings. The molecule has 0 saturated carbocycles. The Bertz CT molecular complexity index is 566. The molecule has 0 aliphatic carbocycles. The maximum absolute atomic E-state index is 11.3. The van der Waals surface area contributed by atoms with Crippen LogP contribution in [0, 0.1) is 5.41 Å². The van der Waals surface area contributed by atoms with Gasteiger partial charge in [-0.15, -0.1) is 23.5 Å². The fourth-order valence-corrected chi connectivity index (χ4v) is 5.10. The van der Waals surface area contributed by atoms with Crippen molar-refractivity contribution in [1.82, 2.24) is 0 Å². The van der Waals surface area contributed by atoms with E-state index >= 15 is 0 Å². The molecular formula is C19H24O4S2. The van der Waals surface area contributed by atoms with Crippen LogP contribution in [-0.2, 0) is 11.5 Å². The van der Waals surface area contributed by atoms with Crippen molar-refractivity contribution in [3.8, 4) is 0 Å². The molecule has 0 bridgehead atoms. The van der Waals surface area contributed by atoms with Crippen LogP contribution in [0.3, 0.4) is 0 Å². The van der Waals surface area contributed by atoms with Crippen LogP contribution in [0.2, 0.25) is 0 Å². The number of aliphatic hydroxyl groups excluding tert-OH is 3. The molecule has 4 nitrogen and oxygen atoms in total. The van der Waals surface area contributed by atoms with E-state index in [1.807, 2.05) is 60.7 Å². The summed E-state index contributed by atoms with van der Waals surface area (Å²) in [7, 11) is 0. The molecule has 0 aromatic heterocycles. The van der Waals surface area contributed by atoms with Crippen LogP contribution < -0.4 is 0 Å². The van der Waals surface area contributed by atoms with Crippen molar-refractivity contribution in [2.75, 3.05) is 19.8 Å². The largest absolute Gasteiger partial charge is 0.395 e. The summed E-state index contributed by atoms with van der Waals surface area (Å²) in [4.78, 5) is 0. The lowest BCUT2D eigenvalue weighted by Gasteiger charge is -2.43. The summed E-state index contributed by atoms with van der Waals surface area (Å²) < 4.78 is -1.54. The van der Waals surface area contributed by atoms with Crippen molar-refractivity contribution in [2.45, 2.75) is 15.8 Å². The second kappa shape index (κ2) is 9.62. The first kappa shape index (κ1) is 20.3. The Morgan fingerprint density at radius 3 is 1.32 bits per heavy atom. The van der Waals surface area contributed by atoms with E-state index in [-0.39, 0.29) is 0 Å². The molecule has 0 spiro atoms. The Hall–Kier alpha value is -1.02. The lowest BCUT2D eigenvalue weighted by atomic mass is 9.92. The Kier molecular flexibility index (Phi) is 7.81. The third kappa shape index (κ3) is 5.00. The highest BCUT2D eigenvalue weighted by atomic mass is 32.2. The maximum atomic E-state index is 11.3. The van der Waals surface area contributed by atoms with Crippen molar-refractivity contribution in [1.29, 1.82) is 0 Å². The van der Waals surface area contributed by atoms with Crippen LogP contribution in [0.5, 0.6) is 0 Å². The monoisotopic (exact) mass is 380 g/mol. The van der Waals surface area contributed by atoms with Crippen molar-refractivity contribution in [3.05, 3.63) is 71.8 Å². The highest BCUT2D eigenvalue weighted by Gasteiger charge is 2.50. The van der Waals surface area contributed by atoms with Crippen molar-refractivity contribution in [3.63, 3.8) is 0 Å². The van der Waals surface area contributed by atoms with Crippen LogP contribution in [-0.4, -0.2) is 44.5 Å². The predicted octanol–water partition coefficient (Wildman–Crippen LogP) is 2.46. The van der Waals surface area contributed by atoms with E-state index in [1.54, 1.807) is 0 Å². The maximum Gasteiger partial charge on any atom is 0.170 e. The van der Waals surface area contributed by atoms with E-state index in [9.17, 15) is 20.4 Å². The molecule has 0 amide bonds. The summed E-state index contributed by atoms with van der Waals surface area (Å²) in [6, 6.07) is 19.3. The van der Waals surface area contributed by atoms with E-state index < -0.39 is 29.5 Å². The Morgan fingerprint density at radius 2 is 1.00 bits per heavy atom. The summed E-state index contributed by atoms with van der Waals surface area (Å²) in [6.45, 7) is -1.54. The van der Waals surface area contributed by atoms with Gasteiger partial charge >= 0.3 is 0 Å². The summed E-state index contributed by atoms with van der Waals surface area (Å²) in [5, 5.41) is 40.7. The number of rotatable bonds is 10. The molecule has 25 heavy (non-hydrogen) atoms. The van der Waals surface area contributed by atoms with E-state index in [2.05, 4.69) is 0 Å². The Balaban J connectivity index is 2.19. The molecule has 2 aromatic rings. The third-order valence-electron chi connectivity index (χ3n) is 4.13. The molecule has 0 heterocycles. The highest BCUT2D eigenvalue weighted by Crippen LogP contribution is 2.50. The molecule has 2 rings (SSSR count). The molecule has 2 aromatic carbocycles. The van der Waals surface area contributed by atoms with Crippen molar-refractivity contribution in [2.24, 2.45) is 5.41 Å². The normalized spacial score (nSPS) is 12.3. The van der Waals surface area contributed by atoms with Crippen molar-refractivity contribution >= 4 is 23.5 Å². The topological polar surface area (TPSA) is 80.9 Å². The molecule has 0 unspecified atom stereocenters. The SMILES string of the molecule is OCC(CO)(CO)C(O)(SCc1ccccc1)SCc1ccccc1. The minimum Gasteiger partial charge on any atom is -0.395 e. The van der Waals surface area contributed by atoms with E-state index in [4.69, 9.17) is 0 Å². The Labute approximate surface area is 156 Å². The van der Waals surface area contributed by atoms with Crippen LogP contribution in [0.25, 0.3) is 0 Å². The second-order valence-corrected chi connectivity index (χ2v) is 8.48. The van der Waals surface area contributed by atoms with Gasteiger partial charge < -0.3 is 20.4 Å². The third-order valence-corrected chi connectivity index (χ3v) is 7.44. The minimum absolute atomic E-state index is 0.501. The smallest absolute Gasteiger partial charge is 0.170 e. The molecule has 0 atom stereocenters. The molecule has 6 heteroatoms. The van der Waals surface area contributed by atoms with Gasteiger partial charge in [-0.1, -0.05) is 60.7 Å². The molecule has 136 valence electrons. The van der Waals surface area contributed by atoms with E-state index in [0.717, 1.165) is 11.1 Å². The van der Waals surface area contributed by atoms with Gasteiger partial charge in [-0.25, -0.2) is 0 Å². The quantitative estimate of drug-likeness (QED) is 0.474. The van der Waals surface area contributed by atoms with Gasteiger partial charge in [0.05, 0.1) is 25.2 Å². The zero-order valence-corrected chi connectivity index (χ0v) is 15.5. The number of benzene rings is 2. The summed E-state index contributed by atoms with van der Waals surface area (Å²) in [5.41, 5.74) is 0.634. The number of hydrogen-bond donors (Lipinski definition) is 4. The van der Waals surface area contributed by atoms with E-state index in [0.29, 0.717) is 11.5 Å². The average molecular weight is 381 g/mol. The first-order chi connectivity index (χ1) is 12.1. The molecular weight excluding hydrogens is 356 g/mol. The number of thioether (sulfide) groups is 2. The molecule has 0 aliphatic rings. The average Bonchev–Trinajstić information content (AvgIpc) is 2.68. The summed E-state index contributed by atoms with van der Waals surface area (Å²) in [6.07, 6.45) is 0. The van der Waals surface area contributed by atoms with Gasteiger partial charge in [0.1, 0.15) is 0 Å². The van der Waals surface area contributed by atoms with Crippen molar-refractivity contribution < 1.29 is 20.4 Å². The van der Waals surface area contributed by atoms with Crippen LogP contribution in [0.4, 0.5) is 0 Å². The minimum atomic E-state index is -1.54. The molecule has 0 aliphatic heterocycles. The molecule has 0 saturated heterocycles. The standard InChI is InChI=1S/C19H24O4S2/c20-13-18(14-21,15-22)19(23,24-11-16-7-3-1-4-8-16)25-12-17-9-5-2-6-10-17/h1-10,20-23H,11-15H2. The van der Waals surface area contributed by atoms with Gasteiger partial charge in [-0.2, -0.15) is 0 Å². The first-order valence-electron chi connectivity index (χ1n) is 8.00. The molecule has 0 radical (unpaired) electrons. The summed E-state index contributed by atoms with van der Waals surface area (Å²) >= 11 is 2.43. The predicted molar refractivity (Wildman–Crippen MR) is 104 cm³/mol. The Morgan fingerprint density at radius 1 is 0.640 bits per heavy atom. The lowest BCUT2D eigenvalue weighted by Crippen LogP contribution is -2.51. The van der Waals surface area contributed by atoms with Gasteiger partial charge in [0.15, 0.2) is 4.27 Å². The first-order valence-corrected chi connectivity index (χ1v) is 9.97. The van der Waals surface area contributed by atoms with Gasteiger partial charge in [0.25, 0.3) is 0 Å². The van der Waals surface area contributed by atoms with Gasteiger partial charge in [-0.05, 0) is 11.1 Å². The zero-order chi connectivity index (χ0) is 18.2. The lowest BCUT2D eigenvalue weighted by molar-refractivity contribution is -0.0618. The van der Waals surface area contributed by atoms with Crippen LogP contribution >= 0.6 is 23.5 Å². The zero-order valence-electron chi connectivity index (χ0n) is 13.9. The number of hydrogen-bond acceptors (Lipinski definition) is 6. The van der Waals surface area contributed by atoms with Gasteiger partial charge in [0, 0.05) is 11.5 Å². The molecule has 4 N–H and O–H groups in total. The van der Waals surface area contributed by atoms with E-state index in [1.165, 1.54) is 23.5 Å².